The van der Waals surface area contributed by atoms with Gasteiger partial charge in [-0.25, -0.2) is 9.37 Å². The number of nitrogens with two attached hydrogens (primary N) is 2. The lowest BCUT2D eigenvalue weighted by atomic mass is 10.1. The van der Waals surface area contributed by atoms with Gasteiger partial charge >= 0.3 is 0 Å². The van der Waals surface area contributed by atoms with Crippen LogP contribution in [0.1, 0.15) is 11.1 Å². The largest absolute Gasteiger partial charge is 0.383 e. The Kier molecular flexibility index (Phi) is 3.19. The number of anilines is 2. The van der Waals surface area contributed by atoms with E-state index >= 15 is 0 Å². The third-order valence-electron chi connectivity index (χ3n) is 2.96. The van der Waals surface area contributed by atoms with Crippen LogP contribution in [0.5, 0.6) is 0 Å². The van der Waals surface area contributed by atoms with Crippen molar-refractivity contribution in [2.75, 3.05) is 11.5 Å². The molecule has 0 bridgehead atoms. The van der Waals surface area contributed by atoms with Gasteiger partial charge in [0.05, 0.1) is 5.39 Å². The highest BCUT2D eigenvalue weighted by Crippen LogP contribution is 2.19. The SMILES string of the molecule is Nc1nc(N)c2cc(C=Cc3ccc(F)cc3)cnc2n1. The second-order valence-electron chi connectivity index (χ2n) is 4.49. The molecule has 3 rings (SSSR count). The molecule has 0 saturated carbocycles. The van der Waals surface area contributed by atoms with Gasteiger partial charge < -0.3 is 11.5 Å². The molecule has 6 heteroatoms. The smallest absolute Gasteiger partial charge is 0.224 e. The quantitative estimate of drug-likeness (QED) is 0.753. The van der Waals surface area contributed by atoms with Crippen molar-refractivity contribution in [2.24, 2.45) is 0 Å². The van der Waals surface area contributed by atoms with Crippen LogP contribution in [-0.2, 0) is 0 Å². The predicted octanol–water partition coefficient (Wildman–Crippen LogP) is 2.50. The third kappa shape index (κ3) is 2.79. The van der Waals surface area contributed by atoms with Crippen molar-refractivity contribution in [3.8, 4) is 0 Å². The highest BCUT2D eigenvalue weighted by molar-refractivity contribution is 5.88. The van der Waals surface area contributed by atoms with Crippen molar-refractivity contribution in [1.82, 2.24) is 15.0 Å². The van der Waals surface area contributed by atoms with Crippen LogP contribution >= 0.6 is 0 Å². The Morgan fingerprint density at radius 1 is 0.952 bits per heavy atom. The molecule has 0 unspecified atom stereocenters. The van der Waals surface area contributed by atoms with Crippen molar-refractivity contribution in [3.63, 3.8) is 0 Å². The van der Waals surface area contributed by atoms with Gasteiger partial charge in [0, 0.05) is 6.20 Å². The Morgan fingerprint density at radius 2 is 1.67 bits per heavy atom. The first-order valence-electron chi connectivity index (χ1n) is 6.24. The summed E-state index contributed by atoms with van der Waals surface area (Å²) in [5.41, 5.74) is 13.5. The fourth-order valence-electron chi connectivity index (χ4n) is 1.93. The summed E-state index contributed by atoms with van der Waals surface area (Å²) in [7, 11) is 0. The monoisotopic (exact) mass is 281 g/mol. The fourth-order valence-corrected chi connectivity index (χ4v) is 1.93. The number of benzene rings is 1. The normalized spacial score (nSPS) is 11.3. The lowest BCUT2D eigenvalue weighted by Gasteiger charge is -2.02. The molecule has 3 aromatic rings. The van der Waals surface area contributed by atoms with E-state index in [0.29, 0.717) is 16.9 Å². The Balaban J connectivity index is 1.96. The Bertz CT molecular complexity index is 827. The van der Waals surface area contributed by atoms with Gasteiger partial charge in [-0.3, -0.25) is 0 Å². The third-order valence-corrected chi connectivity index (χ3v) is 2.96. The van der Waals surface area contributed by atoms with E-state index in [2.05, 4.69) is 15.0 Å². The van der Waals surface area contributed by atoms with Crippen molar-refractivity contribution < 1.29 is 4.39 Å². The van der Waals surface area contributed by atoms with E-state index in [-0.39, 0.29) is 11.8 Å². The molecular weight excluding hydrogens is 269 g/mol. The van der Waals surface area contributed by atoms with E-state index < -0.39 is 0 Å². The summed E-state index contributed by atoms with van der Waals surface area (Å²) in [5, 5.41) is 0.644. The number of aromatic nitrogens is 3. The molecule has 4 N–H and O–H groups in total. The second kappa shape index (κ2) is 5.16. The van der Waals surface area contributed by atoms with E-state index in [0.717, 1.165) is 11.1 Å². The summed E-state index contributed by atoms with van der Waals surface area (Å²) in [4.78, 5) is 12.1. The van der Waals surface area contributed by atoms with Gasteiger partial charge in [0.15, 0.2) is 5.65 Å². The second-order valence-corrected chi connectivity index (χ2v) is 4.49. The van der Waals surface area contributed by atoms with Gasteiger partial charge in [-0.2, -0.15) is 9.97 Å². The summed E-state index contributed by atoms with van der Waals surface area (Å²) in [6, 6.07) is 8.04. The molecule has 0 aliphatic rings. The van der Waals surface area contributed by atoms with Crippen molar-refractivity contribution in [3.05, 3.63) is 53.5 Å². The molecule has 0 radical (unpaired) electrons. The highest BCUT2D eigenvalue weighted by Gasteiger charge is 2.04. The van der Waals surface area contributed by atoms with Crippen LogP contribution in [0.2, 0.25) is 0 Å². The molecule has 104 valence electrons. The Hall–Kier alpha value is -3.02. The number of rotatable bonds is 2. The number of hydrogen-bond donors (Lipinski definition) is 2. The van der Waals surface area contributed by atoms with Gasteiger partial charge in [-0.05, 0) is 29.3 Å². The molecule has 21 heavy (non-hydrogen) atoms. The van der Waals surface area contributed by atoms with Crippen molar-refractivity contribution in [1.29, 1.82) is 0 Å². The lowest BCUT2D eigenvalue weighted by Crippen LogP contribution is -2.01. The molecule has 0 aliphatic heterocycles. The van der Waals surface area contributed by atoms with E-state index in [1.165, 1.54) is 12.1 Å². The topological polar surface area (TPSA) is 90.7 Å². The number of pyridine rings is 1. The Labute approximate surface area is 120 Å². The summed E-state index contributed by atoms with van der Waals surface area (Å²) >= 11 is 0. The van der Waals surface area contributed by atoms with Crippen molar-refractivity contribution >= 4 is 35.0 Å². The summed E-state index contributed by atoms with van der Waals surface area (Å²) in [6.07, 6.45) is 5.38. The number of fused-ring (bicyclic) bond motifs is 1. The standard InChI is InChI=1S/C15H12FN5/c16-11-5-3-9(4-6-11)1-2-10-7-12-13(17)20-15(18)21-14(12)19-8-10/h1-8H,(H4,17,18,19,20,21). The number of nitrogen functional groups attached to an aromatic ring is 2. The molecule has 5 nitrogen and oxygen atoms in total. The van der Waals surface area contributed by atoms with E-state index in [9.17, 15) is 4.39 Å². The number of halogens is 1. The molecule has 0 atom stereocenters. The lowest BCUT2D eigenvalue weighted by molar-refractivity contribution is 0.628. The first-order valence-corrected chi connectivity index (χ1v) is 6.24. The summed E-state index contributed by atoms with van der Waals surface area (Å²) in [5.74, 6) is 0.131. The maximum absolute atomic E-state index is 12.8. The van der Waals surface area contributed by atoms with Crippen LogP contribution in [0.15, 0.2) is 36.5 Å². The molecule has 0 amide bonds. The minimum absolute atomic E-state index is 0.0992. The molecule has 0 fully saturated rings. The van der Waals surface area contributed by atoms with Crippen LogP contribution in [-0.4, -0.2) is 15.0 Å². The molecule has 0 spiro atoms. The van der Waals surface area contributed by atoms with Crippen LogP contribution < -0.4 is 11.5 Å². The molecule has 2 heterocycles. The molecule has 1 aromatic carbocycles. The first-order chi connectivity index (χ1) is 10.1. The van der Waals surface area contributed by atoms with E-state index in [4.69, 9.17) is 11.5 Å². The number of nitrogens with zero attached hydrogens (tertiary/aromatic N) is 3. The van der Waals surface area contributed by atoms with Crippen LogP contribution in [0.25, 0.3) is 23.2 Å². The average molecular weight is 281 g/mol. The fraction of sp³-hybridized carbons (Fsp3) is 0. The molecule has 0 saturated heterocycles. The van der Waals surface area contributed by atoms with Gasteiger partial charge in [-0.1, -0.05) is 24.3 Å². The van der Waals surface area contributed by atoms with Gasteiger partial charge in [0.1, 0.15) is 11.6 Å². The summed E-state index contributed by atoms with van der Waals surface area (Å²) < 4.78 is 12.8. The van der Waals surface area contributed by atoms with Gasteiger partial charge in [0.25, 0.3) is 0 Å². The van der Waals surface area contributed by atoms with Crippen molar-refractivity contribution in [2.45, 2.75) is 0 Å². The zero-order valence-corrected chi connectivity index (χ0v) is 11.0. The van der Waals surface area contributed by atoms with Gasteiger partial charge in [-0.15, -0.1) is 0 Å². The first kappa shape index (κ1) is 13.0. The van der Waals surface area contributed by atoms with Crippen LogP contribution in [0.4, 0.5) is 16.2 Å². The minimum atomic E-state index is -0.262. The Morgan fingerprint density at radius 3 is 2.43 bits per heavy atom. The maximum atomic E-state index is 12.8. The molecule has 2 aromatic heterocycles. The predicted molar refractivity (Wildman–Crippen MR) is 81.5 cm³/mol. The maximum Gasteiger partial charge on any atom is 0.224 e. The van der Waals surface area contributed by atoms with Gasteiger partial charge in [0.2, 0.25) is 5.95 Å². The average Bonchev–Trinajstić information content (AvgIpc) is 2.47. The molecule has 0 aliphatic carbocycles. The zero-order chi connectivity index (χ0) is 14.8. The minimum Gasteiger partial charge on any atom is -0.383 e. The molecular formula is C15H12FN5. The van der Waals surface area contributed by atoms with E-state index in [1.54, 1.807) is 18.3 Å². The van der Waals surface area contributed by atoms with Crippen LogP contribution in [0, 0.1) is 5.82 Å². The summed E-state index contributed by atoms with van der Waals surface area (Å²) in [6.45, 7) is 0. The highest BCUT2D eigenvalue weighted by atomic mass is 19.1. The van der Waals surface area contributed by atoms with Crippen LogP contribution in [0.3, 0.4) is 0 Å². The van der Waals surface area contributed by atoms with E-state index in [1.807, 2.05) is 18.2 Å². The zero-order valence-electron chi connectivity index (χ0n) is 11.0. The number of hydrogen-bond acceptors (Lipinski definition) is 5.